The average Bonchev–Trinajstić information content (AvgIpc) is 2.47. The van der Waals surface area contributed by atoms with Crippen LogP contribution in [-0.4, -0.2) is 6.03 Å². The van der Waals surface area contributed by atoms with Gasteiger partial charge in [0.05, 0.1) is 11.6 Å². The van der Waals surface area contributed by atoms with Crippen LogP contribution >= 0.6 is 11.6 Å². The van der Waals surface area contributed by atoms with Crippen molar-refractivity contribution in [1.29, 1.82) is 5.26 Å². The Balaban J connectivity index is 1.89. The summed E-state index contributed by atoms with van der Waals surface area (Å²) in [5.74, 6) is 0. The Morgan fingerprint density at radius 1 is 1.15 bits per heavy atom. The minimum atomic E-state index is -0.324. The third-order valence-corrected chi connectivity index (χ3v) is 3.04. The van der Waals surface area contributed by atoms with E-state index in [4.69, 9.17) is 16.9 Å². The molecule has 20 heavy (non-hydrogen) atoms. The van der Waals surface area contributed by atoms with E-state index in [1.807, 2.05) is 24.3 Å². The van der Waals surface area contributed by atoms with Gasteiger partial charge in [-0.05, 0) is 35.9 Å². The van der Waals surface area contributed by atoms with Crippen molar-refractivity contribution in [2.75, 3.05) is 5.32 Å². The summed E-state index contributed by atoms with van der Waals surface area (Å²) in [5.41, 5.74) is 2.02. The molecule has 2 aromatic carbocycles. The van der Waals surface area contributed by atoms with Crippen molar-refractivity contribution >= 4 is 23.3 Å². The maximum atomic E-state index is 11.7. The van der Waals surface area contributed by atoms with Gasteiger partial charge in [-0.25, -0.2) is 4.79 Å². The lowest BCUT2D eigenvalue weighted by molar-refractivity contribution is 0.251. The summed E-state index contributed by atoms with van der Waals surface area (Å²) in [6, 6.07) is 15.7. The number of halogens is 1. The summed E-state index contributed by atoms with van der Waals surface area (Å²) in [6.07, 6.45) is 0. The minimum absolute atomic E-state index is 0.324. The van der Waals surface area contributed by atoms with Crippen LogP contribution in [0.15, 0.2) is 48.5 Å². The third kappa shape index (κ3) is 3.74. The van der Waals surface area contributed by atoms with Crippen molar-refractivity contribution in [3.63, 3.8) is 0 Å². The zero-order valence-corrected chi connectivity index (χ0v) is 11.3. The fourth-order valence-electron chi connectivity index (χ4n) is 1.62. The van der Waals surface area contributed by atoms with Crippen LogP contribution in [0.3, 0.4) is 0 Å². The maximum Gasteiger partial charge on any atom is 0.319 e. The molecule has 0 radical (unpaired) electrons. The molecule has 0 heterocycles. The number of carbonyl (C=O) groups is 1. The van der Waals surface area contributed by atoms with Crippen molar-refractivity contribution in [3.8, 4) is 6.07 Å². The lowest BCUT2D eigenvalue weighted by atomic mass is 10.2. The van der Waals surface area contributed by atoms with Gasteiger partial charge >= 0.3 is 6.03 Å². The van der Waals surface area contributed by atoms with E-state index in [0.29, 0.717) is 22.8 Å². The molecule has 0 saturated heterocycles. The first kappa shape index (κ1) is 13.9. The van der Waals surface area contributed by atoms with Crippen molar-refractivity contribution in [2.45, 2.75) is 6.54 Å². The lowest BCUT2D eigenvalue weighted by Crippen LogP contribution is -2.28. The highest BCUT2D eigenvalue weighted by Gasteiger charge is 2.03. The van der Waals surface area contributed by atoms with E-state index in [2.05, 4.69) is 10.6 Å². The van der Waals surface area contributed by atoms with E-state index in [9.17, 15) is 4.79 Å². The number of nitrogens with one attached hydrogen (secondary N) is 2. The highest BCUT2D eigenvalue weighted by Crippen LogP contribution is 2.14. The SMILES string of the molecule is N#Cc1ccc(NC(=O)NCc2ccccc2Cl)cc1. The maximum absolute atomic E-state index is 11.7. The Morgan fingerprint density at radius 3 is 2.50 bits per heavy atom. The second-order valence-electron chi connectivity index (χ2n) is 4.09. The first-order valence-electron chi connectivity index (χ1n) is 5.97. The van der Waals surface area contributed by atoms with Crippen LogP contribution in [0, 0.1) is 11.3 Å². The van der Waals surface area contributed by atoms with Crippen molar-refractivity contribution in [3.05, 3.63) is 64.7 Å². The van der Waals surface area contributed by atoms with Crippen molar-refractivity contribution < 1.29 is 4.79 Å². The van der Waals surface area contributed by atoms with Gasteiger partial charge in [0.1, 0.15) is 0 Å². The van der Waals surface area contributed by atoms with Crippen LogP contribution in [0.2, 0.25) is 5.02 Å². The van der Waals surface area contributed by atoms with Gasteiger partial charge in [-0.2, -0.15) is 5.26 Å². The average molecular weight is 286 g/mol. The van der Waals surface area contributed by atoms with E-state index in [1.54, 1.807) is 30.3 Å². The second kappa shape index (κ2) is 6.60. The van der Waals surface area contributed by atoms with Gasteiger partial charge in [0, 0.05) is 17.3 Å². The van der Waals surface area contributed by atoms with E-state index >= 15 is 0 Å². The number of nitrogens with zero attached hydrogens (tertiary/aromatic N) is 1. The standard InChI is InChI=1S/C15H12ClN3O/c16-14-4-2-1-3-12(14)10-18-15(20)19-13-7-5-11(9-17)6-8-13/h1-8H,10H2,(H2,18,19,20). The molecule has 0 fully saturated rings. The summed E-state index contributed by atoms with van der Waals surface area (Å²) < 4.78 is 0. The predicted molar refractivity (Wildman–Crippen MR) is 78.5 cm³/mol. The summed E-state index contributed by atoms with van der Waals surface area (Å²) >= 11 is 6.00. The summed E-state index contributed by atoms with van der Waals surface area (Å²) in [5, 5.41) is 14.7. The van der Waals surface area contributed by atoms with Crippen LogP contribution in [0.5, 0.6) is 0 Å². The van der Waals surface area contributed by atoms with Gasteiger partial charge in [0.25, 0.3) is 0 Å². The minimum Gasteiger partial charge on any atom is -0.334 e. The van der Waals surface area contributed by atoms with Crippen LogP contribution in [-0.2, 0) is 6.54 Å². The Hall–Kier alpha value is -2.51. The second-order valence-corrected chi connectivity index (χ2v) is 4.50. The number of hydrogen-bond donors (Lipinski definition) is 2. The molecule has 2 aromatic rings. The predicted octanol–water partition coefficient (Wildman–Crippen LogP) is 3.53. The molecule has 0 aliphatic heterocycles. The Kier molecular flexibility index (Phi) is 4.59. The quantitative estimate of drug-likeness (QED) is 0.906. The zero-order valence-electron chi connectivity index (χ0n) is 10.6. The van der Waals surface area contributed by atoms with Gasteiger partial charge in [0.2, 0.25) is 0 Å². The molecule has 0 bridgehead atoms. The Morgan fingerprint density at radius 2 is 1.85 bits per heavy atom. The van der Waals surface area contributed by atoms with E-state index in [0.717, 1.165) is 5.56 Å². The number of hydrogen-bond acceptors (Lipinski definition) is 2. The molecular formula is C15H12ClN3O. The molecule has 0 aliphatic rings. The van der Waals surface area contributed by atoms with E-state index < -0.39 is 0 Å². The topological polar surface area (TPSA) is 64.9 Å². The van der Waals surface area contributed by atoms with E-state index in [-0.39, 0.29) is 6.03 Å². The van der Waals surface area contributed by atoms with Crippen LogP contribution in [0.1, 0.15) is 11.1 Å². The molecule has 0 saturated carbocycles. The number of urea groups is 1. The first-order valence-corrected chi connectivity index (χ1v) is 6.35. The Bertz CT molecular complexity index is 647. The Labute approximate surface area is 122 Å². The monoisotopic (exact) mass is 285 g/mol. The van der Waals surface area contributed by atoms with Gasteiger partial charge in [0.15, 0.2) is 0 Å². The van der Waals surface area contributed by atoms with Gasteiger partial charge in [-0.15, -0.1) is 0 Å². The number of anilines is 1. The molecule has 0 aliphatic carbocycles. The fourth-order valence-corrected chi connectivity index (χ4v) is 1.82. The largest absolute Gasteiger partial charge is 0.334 e. The normalized spacial score (nSPS) is 9.60. The molecule has 0 aromatic heterocycles. The van der Waals surface area contributed by atoms with Crippen molar-refractivity contribution in [2.24, 2.45) is 0 Å². The molecular weight excluding hydrogens is 274 g/mol. The molecule has 0 atom stereocenters. The molecule has 2 rings (SSSR count). The zero-order chi connectivity index (χ0) is 14.4. The van der Waals surface area contributed by atoms with Gasteiger partial charge in [-0.3, -0.25) is 0 Å². The summed E-state index contributed by atoms with van der Waals surface area (Å²) in [7, 11) is 0. The summed E-state index contributed by atoms with van der Waals surface area (Å²) in [6.45, 7) is 0.349. The van der Waals surface area contributed by atoms with Crippen LogP contribution in [0.25, 0.3) is 0 Å². The number of nitriles is 1. The highest BCUT2D eigenvalue weighted by atomic mass is 35.5. The van der Waals surface area contributed by atoms with Crippen LogP contribution < -0.4 is 10.6 Å². The summed E-state index contributed by atoms with van der Waals surface area (Å²) in [4.78, 5) is 11.7. The molecule has 5 heteroatoms. The molecule has 0 spiro atoms. The third-order valence-electron chi connectivity index (χ3n) is 2.67. The molecule has 100 valence electrons. The first-order chi connectivity index (χ1) is 9.69. The molecule has 2 amide bonds. The van der Waals surface area contributed by atoms with Gasteiger partial charge in [-0.1, -0.05) is 29.8 Å². The number of carbonyl (C=O) groups excluding carboxylic acids is 1. The molecule has 0 unspecified atom stereocenters. The number of amides is 2. The van der Waals surface area contributed by atoms with E-state index in [1.165, 1.54) is 0 Å². The van der Waals surface area contributed by atoms with Crippen molar-refractivity contribution in [1.82, 2.24) is 5.32 Å². The molecule has 4 nitrogen and oxygen atoms in total. The highest BCUT2D eigenvalue weighted by molar-refractivity contribution is 6.31. The number of rotatable bonds is 3. The van der Waals surface area contributed by atoms with Gasteiger partial charge < -0.3 is 10.6 Å². The van der Waals surface area contributed by atoms with Crippen LogP contribution in [0.4, 0.5) is 10.5 Å². The fraction of sp³-hybridized carbons (Fsp3) is 0.0667. The smallest absolute Gasteiger partial charge is 0.319 e. The lowest BCUT2D eigenvalue weighted by Gasteiger charge is -2.08. The molecule has 2 N–H and O–H groups in total. The number of benzene rings is 2.